The van der Waals surface area contributed by atoms with Crippen molar-refractivity contribution in [3.05, 3.63) is 27.9 Å². The summed E-state index contributed by atoms with van der Waals surface area (Å²) in [5.74, 6) is -1.78. The van der Waals surface area contributed by atoms with Crippen molar-refractivity contribution in [2.45, 2.75) is 13.8 Å². The first-order valence-corrected chi connectivity index (χ1v) is 6.05. The number of carboxylic acids is 1. The largest absolute Gasteiger partial charge is 0.480 e. The molecule has 1 N–H and O–H groups in total. The highest BCUT2D eigenvalue weighted by Gasteiger charge is 2.26. The van der Waals surface area contributed by atoms with Crippen molar-refractivity contribution in [3.63, 3.8) is 0 Å². The number of aliphatic carboxylic acids is 1. The highest BCUT2D eigenvalue weighted by Crippen LogP contribution is 2.17. The molecule has 0 aliphatic heterocycles. The zero-order valence-electron chi connectivity index (χ0n) is 11.6. The number of nitro groups is 1. The summed E-state index contributed by atoms with van der Waals surface area (Å²) in [6, 6.07) is 2.55. The van der Waals surface area contributed by atoms with Gasteiger partial charge in [-0.15, -0.1) is 0 Å². The van der Waals surface area contributed by atoms with E-state index in [2.05, 4.69) is 0 Å². The molecule has 0 bridgehead atoms. The van der Waals surface area contributed by atoms with E-state index in [1.165, 1.54) is 24.1 Å². The summed E-state index contributed by atoms with van der Waals surface area (Å²) in [4.78, 5) is 34.4. The fraction of sp³-hybridized carbons (Fsp3) is 0.500. The molecule has 0 aromatic carbocycles. The molecule has 0 fully saturated rings. The predicted octanol–water partition coefficient (Wildman–Crippen LogP) is 1.12. The summed E-state index contributed by atoms with van der Waals surface area (Å²) in [5.41, 5.74) is 0.0959. The van der Waals surface area contributed by atoms with Gasteiger partial charge in [-0.05, 0) is 16.9 Å². The lowest BCUT2D eigenvalue weighted by Crippen LogP contribution is -2.39. The van der Waals surface area contributed by atoms with E-state index in [9.17, 15) is 19.7 Å². The quantitative estimate of drug-likeness (QED) is 0.622. The van der Waals surface area contributed by atoms with Gasteiger partial charge in [-0.25, -0.2) is 4.57 Å². The van der Waals surface area contributed by atoms with E-state index in [1.54, 1.807) is 0 Å². The summed E-state index contributed by atoms with van der Waals surface area (Å²) in [7, 11) is 1.40. The van der Waals surface area contributed by atoms with E-state index >= 15 is 0 Å². The first-order chi connectivity index (χ1) is 9.23. The summed E-state index contributed by atoms with van der Waals surface area (Å²) < 4.78 is 1.15. The van der Waals surface area contributed by atoms with Gasteiger partial charge in [-0.1, -0.05) is 13.8 Å². The second kappa shape index (κ2) is 6.18. The van der Waals surface area contributed by atoms with E-state index < -0.39 is 23.3 Å². The molecule has 0 aliphatic carbocycles. The van der Waals surface area contributed by atoms with Gasteiger partial charge in [0.25, 0.3) is 5.91 Å². The van der Waals surface area contributed by atoms with E-state index in [0.717, 1.165) is 4.57 Å². The number of hydrogen-bond acceptors (Lipinski definition) is 4. The zero-order chi connectivity index (χ0) is 15.4. The summed E-state index contributed by atoms with van der Waals surface area (Å²) in [5, 5.41) is 19.6. The Morgan fingerprint density at radius 3 is 2.45 bits per heavy atom. The average Bonchev–Trinajstić information content (AvgIpc) is 2.68. The number of aromatic nitrogens is 1. The van der Waals surface area contributed by atoms with Crippen LogP contribution < -0.4 is 0 Å². The molecule has 8 nitrogen and oxygen atoms in total. The van der Waals surface area contributed by atoms with Crippen molar-refractivity contribution >= 4 is 17.7 Å². The van der Waals surface area contributed by atoms with Crippen molar-refractivity contribution in [2.24, 2.45) is 13.0 Å². The topological polar surface area (TPSA) is 106 Å². The molecule has 0 radical (unpaired) electrons. The molecule has 0 atom stereocenters. The van der Waals surface area contributed by atoms with Crippen molar-refractivity contribution in [3.8, 4) is 0 Å². The molecule has 20 heavy (non-hydrogen) atoms. The molecule has 0 unspecified atom stereocenters. The number of carboxylic acid groups (broad SMARTS) is 1. The lowest BCUT2D eigenvalue weighted by Gasteiger charge is -2.21. The predicted molar refractivity (Wildman–Crippen MR) is 70.4 cm³/mol. The van der Waals surface area contributed by atoms with Gasteiger partial charge in [0.2, 0.25) is 0 Å². The molecule has 0 aliphatic rings. The minimum atomic E-state index is -1.12. The molecule has 110 valence electrons. The van der Waals surface area contributed by atoms with E-state index in [4.69, 9.17) is 5.11 Å². The van der Waals surface area contributed by atoms with Gasteiger partial charge in [-0.2, -0.15) is 0 Å². The van der Waals surface area contributed by atoms with E-state index in [0.29, 0.717) is 0 Å². The van der Waals surface area contributed by atoms with Crippen LogP contribution in [-0.4, -0.2) is 44.5 Å². The molecule has 8 heteroatoms. The Morgan fingerprint density at radius 2 is 2.05 bits per heavy atom. The summed E-state index contributed by atoms with van der Waals surface area (Å²) in [6.45, 7) is 3.55. The van der Waals surface area contributed by atoms with Crippen LogP contribution in [0.4, 0.5) is 5.82 Å². The van der Waals surface area contributed by atoms with Crippen molar-refractivity contribution < 1.29 is 19.6 Å². The summed E-state index contributed by atoms with van der Waals surface area (Å²) >= 11 is 0. The number of rotatable bonds is 6. The highest BCUT2D eigenvalue weighted by atomic mass is 16.6. The van der Waals surface area contributed by atoms with Crippen LogP contribution in [0.25, 0.3) is 0 Å². The van der Waals surface area contributed by atoms with Crippen LogP contribution in [0.1, 0.15) is 24.3 Å². The smallest absolute Gasteiger partial charge is 0.323 e. The van der Waals surface area contributed by atoms with Gasteiger partial charge in [0.1, 0.15) is 6.54 Å². The van der Waals surface area contributed by atoms with Gasteiger partial charge >= 0.3 is 11.8 Å². The van der Waals surface area contributed by atoms with Gasteiger partial charge in [-0.3, -0.25) is 9.59 Å². The SMILES string of the molecule is CC(C)CN(CC(=O)O)C(=O)c1ccc([N+](=O)[O-])n1C. The molecular weight excluding hydrogens is 266 g/mol. The highest BCUT2D eigenvalue weighted by molar-refractivity contribution is 5.95. The normalized spacial score (nSPS) is 10.6. The summed E-state index contributed by atoms with van der Waals surface area (Å²) in [6.07, 6.45) is 0. The standard InChI is InChI=1S/C12H17N3O5/c1-8(2)6-14(7-11(16)17)12(18)9-4-5-10(13(9)3)15(19)20/h4-5,8H,6-7H2,1-3H3,(H,16,17). The van der Waals surface area contributed by atoms with Crippen LogP contribution >= 0.6 is 0 Å². The molecular formula is C12H17N3O5. The van der Waals surface area contributed by atoms with Crippen LogP contribution in [0.3, 0.4) is 0 Å². The Kier molecular flexibility index (Phi) is 4.84. The van der Waals surface area contributed by atoms with Crippen molar-refractivity contribution in [1.29, 1.82) is 0 Å². The molecule has 0 saturated heterocycles. The third-order valence-corrected chi connectivity index (χ3v) is 2.70. The average molecular weight is 283 g/mol. The minimum absolute atomic E-state index is 0.0913. The Balaban J connectivity index is 3.05. The Labute approximate surface area is 115 Å². The van der Waals surface area contributed by atoms with Crippen molar-refractivity contribution in [2.75, 3.05) is 13.1 Å². The molecule has 1 rings (SSSR count). The van der Waals surface area contributed by atoms with Crippen LogP contribution in [0.2, 0.25) is 0 Å². The van der Waals surface area contributed by atoms with Crippen LogP contribution in [0.5, 0.6) is 0 Å². The maximum atomic E-state index is 12.3. The fourth-order valence-electron chi connectivity index (χ4n) is 1.88. The number of amides is 1. The first kappa shape index (κ1) is 15.7. The van der Waals surface area contributed by atoms with Crippen LogP contribution in [0, 0.1) is 16.0 Å². The number of hydrogen-bond donors (Lipinski definition) is 1. The Morgan fingerprint density at radius 1 is 1.45 bits per heavy atom. The van der Waals surface area contributed by atoms with Gasteiger partial charge in [0.05, 0.1) is 7.05 Å². The third kappa shape index (κ3) is 3.56. The second-order valence-electron chi connectivity index (χ2n) is 4.87. The van der Waals surface area contributed by atoms with Crippen molar-refractivity contribution in [1.82, 2.24) is 9.47 Å². The van der Waals surface area contributed by atoms with Crippen LogP contribution in [0.15, 0.2) is 12.1 Å². The molecule has 1 heterocycles. The monoisotopic (exact) mass is 283 g/mol. The van der Waals surface area contributed by atoms with E-state index in [1.807, 2.05) is 13.8 Å². The zero-order valence-corrected chi connectivity index (χ0v) is 11.6. The fourth-order valence-corrected chi connectivity index (χ4v) is 1.88. The first-order valence-electron chi connectivity index (χ1n) is 6.05. The molecule has 0 saturated carbocycles. The number of nitrogens with zero attached hydrogens (tertiary/aromatic N) is 3. The molecule has 1 aromatic heterocycles. The Bertz CT molecular complexity index is 535. The Hall–Kier alpha value is -2.38. The second-order valence-corrected chi connectivity index (χ2v) is 4.87. The number of carbonyl (C=O) groups is 2. The lowest BCUT2D eigenvalue weighted by atomic mass is 10.2. The molecule has 1 amide bonds. The lowest BCUT2D eigenvalue weighted by molar-refractivity contribution is -0.391. The van der Waals surface area contributed by atoms with Gasteiger partial charge in [0.15, 0.2) is 5.69 Å². The van der Waals surface area contributed by atoms with Crippen LogP contribution in [-0.2, 0) is 11.8 Å². The number of carbonyl (C=O) groups excluding carboxylic acids is 1. The molecule has 1 aromatic rings. The maximum absolute atomic E-state index is 12.3. The molecule has 0 spiro atoms. The minimum Gasteiger partial charge on any atom is -0.480 e. The van der Waals surface area contributed by atoms with E-state index in [-0.39, 0.29) is 24.0 Å². The third-order valence-electron chi connectivity index (χ3n) is 2.70. The maximum Gasteiger partial charge on any atom is 0.323 e. The van der Waals surface area contributed by atoms with Gasteiger partial charge in [0, 0.05) is 12.6 Å². The van der Waals surface area contributed by atoms with Gasteiger partial charge < -0.3 is 20.1 Å².